The second-order valence-electron chi connectivity index (χ2n) is 6.72. The molecule has 2 aromatic heterocycles. The van der Waals surface area contributed by atoms with Crippen LogP contribution in [0.4, 0.5) is 14.6 Å². The number of rotatable bonds is 6. The Labute approximate surface area is 170 Å². The van der Waals surface area contributed by atoms with Crippen LogP contribution >= 0.6 is 0 Å². The summed E-state index contributed by atoms with van der Waals surface area (Å²) in [7, 11) is 0. The van der Waals surface area contributed by atoms with Crippen LogP contribution in [-0.4, -0.2) is 50.7 Å². The number of aryl methyl sites for hydroxylation is 1. The van der Waals surface area contributed by atoms with Crippen molar-refractivity contribution in [3.63, 3.8) is 0 Å². The highest BCUT2D eigenvalue weighted by molar-refractivity contribution is 5.82. The summed E-state index contributed by atoms with van der Waals surface area (Å²) in [6, 6.07) is 9.24. The van der Waals surface area contributed by atoms with Crippen LogP contribution in [0.1, 0.15) is 23.4 Å². The first-order valence-electron chi connectivity index (χ1n) is 9.29. The van der Waals surface area contributed by atoms with Crippen molar-refractivity contribution in [3.05, 3.63) is 53.3 Å². The fourth-order valence-corrected chi connectivity index (χ4v) is 3.05. The summed E-state index contributed by atoms with van der Waals surface area (Å²) in [6.45, 7) is 3.37. The number of halogens is 2. The van der Waals surface area contributed by atoms with Gasteiger partial charge in [0.2, 0.25) is 11.8 Å². The van der Waals surface area contributed by atoms with E-state index in [9.17, 15) is 13.6 Å². The summed E-state index contributed by atoms with van der Waals surface area (Å²) >= 11 is 0. The molecule has 0 aliphatic carbocycles. The molecule has 1 saturated heterocycles. The quantitative estimate of drug-likeness (QED) is 0.656. The molecule has 1 amide bonds. The van der Waals surface area contributed by atoms with Gasteiger partial charge in [-0.2, -0.15) is 0 Å². The molecule has 9 nitrogen and oxygen atoms in total. The highest BCUT2D eigenvalue weighted by Gasteiger charge is 2.18. The summed E-state index contributed by atoms with van der Waals surface area (Å²) in [6.07, 6.45) is -2.53. The van der Waals surface area contributed by atoms with E-state index in [1.165, 1.54) is 12.1 Å². The van der Waals surface area contributed by atoms with Crippen molar-refractivity contribution < 1.29 is 18.3 Å². The summed E-state index contributed by atoms with van der Waals surface area (Å²) < 4.78 is 32.8. The molecular formula is C19H19F2N7O2. The third-order valence-electron chi connectivity index (χ3n) is 4.69. The van der Waals surface area contributed by atoms with Crippen LogP contribution < -0.4 is 15.0 Å². The Hall–Kier alpha value is -3.63. The van der Waals surface area contributed by atoms with E-state index < -0.39 is 6.43 Å². The second kappa shape index (κ2) is 8.39. The second-order valence-corrected chi connectivity index (χ2v) is 6.72. The Morgan fingerprint density at radius 1 is 1.13 bits per heavy atom. The lowest BCUT2D eigenvalue weighted by atomic mass is 10.2. The minimum atomic E-state index is -2.53. The molecule has 11 heteroatoms. The lowest BCUT2D eigenvalue weighted by molar-refractivity contribution is -0.120. The predicted octanol–water partition coefficient (Wildman–Crippen LogP) is 1.82. The fourth-order valence-electron chi connectivity index (χ4n) is 3.05. The van der Waals surface area contributed by atoms with Crippen LogP contribution in [0.25, 0.3) is 5.69 Å². The van der Waals surface area contributed by atoms with Crippen molar-refractivity contribution in [2.45, 2.75) is 20.0 Å². The number of alkyl halides is 2. The van der Waals surface area contributed by atoms with E-state index in [4.69, 9.17) is 4.74 Å². The number of piperazine rings is 1. The molecule has 0 atom stereocenters. The number of nitrogens with one attached hydrogen (secondary N) is 1. The number of nitrogens with zero attached hydrogens (tertiary/aromatic N) is 6. The smallest absolute Gasteiger partial charge is 0.263 e. The van der Waals surface area contributed by atoms with Gasteiger partial charge in [0, 0.05) is 24.7 Å². The van der Waals surface area contributed by atoms with Gasteiger partial charge in [-0.05, 0) is 25.1 Å². The van der Waals surface area contributed by atoms with Crippen molar-refractivity contribution in [1.29, 1.82) is 0 Å². The maximum absolute atomic E-state index is 12.8. The van der Waals surface area contributed by atoms with E-state index in [1.54, 1.807) is 35.9 Å². The number of hydrogen-bond donors (Lipinski definition) is 1. The van der Waals surface area contributed by atoms with E-state index in [0.29, 0.717) is 41.9 Å². The lowest BCUT2D eigenvalue weighted by Gasteiger charge is -2.26. The number of hydrogen-bond acceptors (Lipinski definition) is 7. The highest BCUT2D eigenvalue weighted by Crippen LogP contribution is 2.21. The van der Waals surface area contributed by atoms with E-state index >= 15 is 0 Å². The SMILES string of the molecule is Cc1nnn(-c2ccc(C(F)F)cc2)c1COc1ccc(N2CCNC(=O)C2)nn1. The Bertz CT molecular complexity index is 1020. The molecule has 1 N–H and O–H groups in total. The number of ether oxygens (including phenoxy) is 1. The maximum atomic E-state index is 12.8. The number of carbonyl (C=O) groups is 1. The van der Waals surface area contributed by atoms with Crippen molar-refractivity contribution in [1.82, 2.24) is 30.5 Å². The van der Waals surface area contributed by atoms with Gasteiger partial charge < -0.3 is 15.0 Å². The van der Waals surface area contributed by atoms with Crippen LogP contribution in [0.3, 0.4) is 0 Å². The van der Waals surface area contributed by atoms with Crippen molar-refractivity contribution in [3.8, 4) is 11.6 Å². The molecule has 0 saturated carbocycles. The number of anilines is 1. The predicted molar refractivity (Wildman–Crippen MR) is 103 cm³/mol. The van der Waals surface area contributed by atoms with Gasteiger partial charge in [-0.1, -0.05) is 17.3 Å². The summed E-state index contributed by atoms with van der Waals surface area (Å²) in [5.74, 6) is 0.848. The standard InChI is InChI=1S/C19H19F2N7O2/c1-12-15(28(26-23-12)14-4-2-13(3-5-14)19(20)21)11-30-18-7-6-16(24-25-18)27-9-8-22-17(29)10-27/h2-7,19H,8-11H2,1H3,(H,22,29). The molecular weight excluding hydrogens is 396 g/mol. The summed E-state index contributed by atoms with van der Waals surface area (Å²) in [4.78, 5) is 13.3. The molecule has 3 aromatic rings. The zero-order valence-electron chi connectivity index (χ0n) is 16.1. The molecule has 30 heavy (non-hydrogen) atoms. The summed E-state index contributed by atoms with van der Waals surface area (Å²) in [5.41, 5.74) is 1.86. The molecule has 0 bridgehead atoms. The van der Waals surface area contributed by atoms with Gasteiger partial charge in [0.1, 0.15) is 12.3 Å². The van der Waals surface area contributed by atoms with Gasteiger partial charge in [-0.3, -0.25) is 4.79 Å². The zero-order chi connectivity index (χ0) is 21.1. The average molecular weight is 415 g/mol. The number of carbonyl (C=O) groups excluding carboxylic acids is 1. The third kappa shape index (κ3) is 4.19. The average Bonchev–Trinajstić information content (AvgIpc) is 3.13. The van der Waals surface area contributed by atoms with Crippen molar-refractivity contribution in [2.24, 2.45) is 0 Å². The first-order valence-corrected chi connectivity index (χ1v) is 9.29. The van der Waals surface area contributed by atoms with Gasteiger partial charge in [-0.25, -0.2) is 13.5 Å². The number of benzene rings is 1. The number of aromatic nitrogens is 5. The largest absolute Gasteiger partial charge is 0.470 e. The van der Waals surface area contributed by atoms with Gasteiger partial charge in [0.05, 0.1) is 17.9 Å². The third-order valence-corrected chi connectivity index (χ3v) is 4.69. The molecule has 1 fully saturated rings. The van der Waals surface area contributed by atoms with Crippen LogP contribution in [0.15, 0.2) is 36.4 Å². The molecule has 0 spiro atoms. The van der Waals surface area contributed by atoms with E-state index in [0.717, 1.165) is 0 Å². The van der Waals surface area contributed by atoms with Crippen molar-refractivity contribution >= 4 is 11.7 Å². The maximum Gasteiger partial charge on any atom is 0.263 e. The van der Waals surface area contributed by atoms with Crippen LogP contribution in [0, 0.1) is 6.92 Å². The van der Waals surface area contributed by atoms with Gasteiger partial charge in [-0.15, -0.1) is 15.3 Å². The Morgan fingerprint density at radius 3 is 2.60 bits per heavy atom. The minimum Gasteiger partial charge on any atom is -0.470 e. The molecule has 156 valence electrons. The minimum absolute atomic E-state index is 0.0544. The highest BCUT2D eigenvalue weighted by atomic mass is 19.3. The molecule has 4 rings (SSSR count). The molecule has 1 aromatic carbocycles. The van der Waals surface area contributed by atoms with E-state index in [-0.39, 0.29) is 24.6 Å². The van der Waals surface area contributed by atoms with E-state index in [1.807, 2.05) is 4.90 Å². The zero-order valence-corrected chi connectivity index (χ0v) is 16.1. The lowest BCUT2D eigenvalue weighted by Crippen LogP contribution is -2.48. The molecule has 1 aliphatic heterocycles. The van der Waals surface area contributed by atoms with Crippen molar-refractivity contribution in [2.75, 3.05) is 24.5 Å². The molecule has 0 unspecified atom stereocenters. The van der Waals surface area contributed by atoms with Crippen LogP contribution in [0.5, 0.6) is 5.88 Å². The first-order chi connectivity index (χ1) is 14.5. The molecule has 1 aliphatic rings. The van der Waals surface area contributed by atoms with Crippen LogP contribution in [-0.2, 0) is 11.4 Å². The molecule has 3 heterocycles. The summed E-state index contributed by atoms with van der Waals surface area (Å²) in [5, 5.41) is 19.1. The topological polar surface area (TPSA) is 98.1 Å². The first kappa shape index (κ1) is 19.7. The Balaban J connectivity index is 1.45. The fraction of sp³-hybridized carbons (Fsp3) is 0.316. The Morgan fingerprint density at radius 2 is 1.93 bits per heavy atom. The monoisotopic (exact) mass is 415 g/mol. The van der Waals surface area contributed by atoms with Gasteiger partial charge >= 0.3 is 0 Å². The van der Waals surface area contributed by atoms with Gasteiger partial charge in [0.25, 0.3) is 6.43 Å². The number of amides is 1. The van der Waals surface area contributed by atoms with E-state index in [2.05, 4.69) is 25.8 Å². The van der Waals surface area contributed by atoms with Crippen LogP contribution in [0.2, 0.25) is 0 Å². The van der Waals surface area contributed by atoms with Gasteiger partial charge in [0.15, 0.2) is 5.82 Å². The Kier molecular flexibility index (Phi) is 5.50. The molecule has 0 radical (unpaired) electrons. The normalized spacial score (nSPS) is 14.1.